The molecule has 12 aliphatic rings. The number of esters is 2. The summed E-state index contributed by atoms with van der Waals surface area (Å²) in [5.74, 6) is -4.37. The van der Waals surface area contributed by atoms with Gasteiger partial charge in [0.25, 0.3) is 0 Å². The molecule has 8 saturated carbocycles. The van der Waals surface area contributed by atoms with E-state index in [0.717, 1.165) is 88.3 Å². The van der Waals surface area contributed by atoms with Crippen LogP contribution in [-0.2, 0) is 65.9 Å². The molecule has 6 heterocycles. The summed E-state index contributed by atoms with van der Waals surface area (Å²) in [5.41, 5.74) is 0.558. The number of amides is 3. The molecule has 2 aromatic heterocycles. The Labute approximate surface area is 613 Å². The Kier molecular flexibility index (Phi) is 21.7. The van der Waals surface area contributed by atoms with E-state index < -0.39 is 128 Å². The van der Waals surface area contributed by atoms with Crippen LogP contribution in [0.3, 0.4) is 0 Å². The van der Waals surface area contributed by atoms with Gasteiger partial charge >= 0.3 is 17.9 Å². The number of ether oxygens (including phenoxy) is 6. The zero-order valence-electron chi connectivity index (χ0n) is 62.3. The minimum absolute atomic E-state index is 0.0733. The summed E-state index contributed by atoms with van der Waals surface area (Å²) in [6.45, 7) is 14.8. The van der Waals surface area contributed by atoms with Crippen molar-refractivity contribution in [2.45, 2.75) is 245 Å². The number of fused-ring (bicyclic) bond motifs is 8. The molecular weight excluding hydrogens is 1370 g/mol. The number of carbonyl (C=O) groups is 7. The van der Waals surface area contributed by atoms with E-state index in [4.69, 9.17) is 48.4 Å². The Morgan fingerprint density at radius 3 is 1.47 bits per heavy atom. The van der Waals surface area contributed by atoms with Gasteiger partial charge in [-0.15, -0.1) is 0 Å². The summed E-state index contributed by atoms with van der Waals surface area (Å²) in [5, 5.41) is 9.54. The summed E-state index contributed by atoms with van der Waals surface area (Å²) in [7, 11) is -0.948. The van der Waals surface area contributed by atoms with Gasteiger partial charge in [-0.25, -0.2) is 41.9 Å². The normalized spacial score (nSPS) is 33.2. The second-order valence-electron chi connectivity index (χ2n) is 34.5. The third-order valence-corrected chi connectivity index (χ3v) is 27.2. The van der Waals surface area contributed by atoms with Crippen molar-refractivity contribution in [3.05, 3.63) is 47.8 Å². The van der Waals surface area contributed by atoms with E-state index in [1.807, 2.05) is 70.5 Å². The van der Waals surface area contributed by atoms with Crippen LogP contribution in [0.2, 0.25) is 0 Å². The number of nitrogens with zero attached hydrogens (tertiary/aromatic N) is 6. The van der Waals surface area contributed by atoms with Crippen molar-refractivity contribution in [3.8, 4) is 23.3 Å². The largest absolute Gasteiger partial charge is 0.497 e. The van der Waals surface area contributed by atoms with Crippen molar-refractivity contribution in [2.24, 2.45) is 81.3 Å². The lowest BCUT2D eigenvalue weighted by Crippen LogP contribution is -2.50. The topological polar surface area (TPSA) is 299 Å². The average Bonchev–Trinajstić information content (AvgIpc) is 1.57. The van der Waals surface area contributed by atoms with Gasteiger partial charge < -0.3 is 43.3 Å². The Hall–Kier alpha value is -7.38. The zero-order chi connectivity index (χ0) is 74.9. The third kappa shape index (κ3) is 16.0. The third-order valence-electron chi connectivity index (χ3n) is 25.4. The highest BCUT2D eigenvalue weighted by molar-refractivity contribution is 7.91. The molecule has 105 heavy (non-hydrogen) atoms. The SMILES string of the molecule is COc1ccc2nc3c(nc2c1)O[C@H]1CN(C(=O)[C@H](C(C)(C)C)CC(=O)O[C@@H]2CC4CC(C4)[C@H]2CCCCC3)[C@H](C(=O)C[C@]2(C(=O)NS(=O)(=O)C3CC3)C[C@H]2C(F)F)[C@@H]1C.COc1ccc2nc3c(nc2c1)O[C@H]1CN(C(=O)[C@H](C(C)(C)C)CC(=O)O[C@H]2CC4CC(C4)[C@@H]2CCCCC3)[C@H](C(=O)O)[C@@H]1C. The maximum atomic E-state index is 15.0. The molecule has 572 valence electrons. The van der Waals surface area contributed by atoms with Crippen molar-refractivity contribution >= 4 is 73.5 Å². The molecule has 8 bridgehead atoms. The van der Waals surface area contributed by atoms with Crippen LogP contribution in [-0.4, -0.2) is 160 Å². The minimum Gasteiger partial charge on any atom is -0.497 e. The predicted octanol–water partition coefficient (Wildman–Crippen LogP) is 11.6. The van der Waals surface area contributed by atoms with Crippen molar-refractivity contribution in [1.82, 2.24) is 34.5 Å². The number of nitrogens with one attached hydrogen (secondary N) is 1. The van der Waals surface area contributed by atoms with E-state index in [9.17, 15) is 51.1 Å². The number of methoxy groups -OCH3 is 2. The van der Waals surface area contributed by atoms with Crippen LogP contribution in [0, 0.1) is 81.3 Å². The molecule has 0 unspecified atom stereocenters. The number of benzene rings is 2. The number of alkyl halides is 2. The number of sulfonamides is 1. The molecule has 0 spiro atoms. The van der Waals surface area contributed by atoms with E-state index >= 15 is 4.79 Å². The highest BCUT2D eigenvalue weighted by Gasteiger charge is 2.67. The molecule has 8 aliphatic carbocycles. The van der Waals surface area contributed by atoms with Crippen LogP contribution in [0.5, 0.6) is 23.3 Å². The van der Waals surface area contributed by atoms with Gasteiger partial charge in [-0.05, 0) is 167 Å². The van der Waals surface area contributed by atoms with Crippen LogP contribution >= 0.6 is 0 Å². The first-order valence-corrected chi connectivity index (χ1v) is 40.0. The van der Waals surface area contributed by atoms with E-state index in [0.29, 0.717) is 94.9 Å². The number of carboxylic acids is 1. The maximum Gasteiger partial charge on any atom is 0.326 e. The van der Waals surface area contributed by atoms with E-state index in [-0.39, 0.29) is 68.2 Å². The average molecular weight is 1480 g/mol. The van der Waals surface area contributed by atoms with Gasteiger partial charge in [0.1, 0.15) is 53.3 Å². The predicted molar refractivity (Wildman–Crippen MR) is 382 cm³/mol. The van der Waals surface area contributed by atoms with Crippen molar-refractivity contribution in [2.75, 3.05) is 27.3 Å². The second kappa shape index (κ2) is 30.0. The summed E-state index contributed by atoms with van der Waals surface area (Å²) in [4.78, 5) is 120. The Morgan fingerprint density at radius 2 is 1.06 bits per heavy atom. The van der Waals surface area contributed by atoms with Gasteiger partial charge in [-0.2, -0.15) is 0 Å². The van der Waals surface area contributed by atoms with Crippen molar-refractivity contribution in [3.63, 3.8) is 0 Å². The maximum absolute atomic E-state index is 15.0. The zero-order valence-corrected chi connectivity index (χ0v) is 63.1. The highest BCUT2D eigenvalue weighted by Crippen LogP contribution is 2.60. The number of rotatable bonds is 10. The van der Waals surface area contributed by atoms with E-state index in [1.165, 1.54) is 22.6 Å². The molecular formula is C79H105F2N7O16S. The molecule has 14 atom stereocenters. The van der Waals surface area contributed by atoms with Gasteiger partial charge in [0.15, 0.2) is 5.78 Å². The molecule has 3 amide bonds. The molecule has 2 N–H and O–H groups in total. The second-order valence-corrected chi connectivity index (χ2v) is 36.5. The lowest BCUT2D eigenvalue weighted by atomic mass is 9.57. The number of hydrogen-bond acceptors (Lipinski definition) is 19. The number of carboxylic acid groups (broad SMARTS) is 1. The fourth-order valence-electron chi connectivity index (χ4n) is 18.8. The molecule has 4 aromatic rings. The number of aryl methyl sites for hydroxylation is 2. The molecule has 0 radical (unpaired) electrons. The number of hydrogen-bond donors (Lipinski definition) is 2. The number of carbonyl (C=O) groups excluding carboxylic acids is 6. The summed E-state index contributed by atoms with van der Waals surface area (Å²) >= 11 is 0. The van der Waals surface area contributed by atoms with E-state index in [1.54, 1.807) is 40.2 Å². The quantitative estimate of drug-likeness (QED) is 0.139. The van der Waals surface area contributed by atoms with Crippen LogP contribution in [0.4, 0.5) is 8.78 Å². The smallest absolute Gasteiger partial charge is 0.326 e. The molecule has 16 rings (SSSR count). The number of aromatic nitrogens is 4. The van der Waals surface area contributed by atoms with Crippen LogP contribution in [0.15, 0.2) is 36.4 Å². The molecule has 10 fully saturated rings. The minimum atomic E-state index is -4.10. The monoisotopic (exact) mass is 1480 g/mol. The molecule has 23 nitrogen and oxygen atoms in total. The van der Waals surface area contributed by atoms with Crippen molar-refractivity contribution in [1.29, 1.82) is 0 Å². The van der Waals surface area contributed by atoms with Crippen molar-refractivity contribution < 1.29 is 84.3 Å². The lowest BCUT2D eigenvalue weighted by molar-refractivity contribution is -0.169. The first-order chi connectivity index (χ1) is 49.8. The fourth-order valence-corrected chi connectivity index (χ4v) is 20.1. The van der Waals surface area contributed by atoms with Crippen LogP contribution in [0.25, 0.3) is 22.1 Å². The number of Topliss-reactive ketones (excluding diaryl/α,β-unsaturated/α-hetero) is 1. The van der Waals surface area contributed by atoms with Gasteiger partial charge in [0, 0.05) is 36.3 Å². The summed E-state index contributed by atoms with van der Waals surface area (Å²) in [6, 6.07) is 8.59. The Morgan fingerprint density at radius 1 is 0.610 bits per heavy atom. The van der Waals surface area contributed by atoms with Crippen LogP contribution in [0.1, 0.15) is 195 Å². The summed E-state index contributed by atoms with van der Waals surface area (Å²) < 4.78 is 92.9. The van der Waals surface area contributed by atoms with E-state index in [2.05, 4.69) is 0 Å². The Balaban J connectivity index is 0.000000194. The molecule has 2 aromatic carbocycles. The standard InChI is InChI=1S/C44H58F2N4O9S.C35H47N3O7/c1-23-36-22-50(38(23)34(51)21-44(20-30(44)39(45)46)42(54)49-60(55,56)27-12-13-27)41(53)29(43(2,3)4)19-37(52)58-35-17-24-15-25(16-24)28(35)9-7-6-8-10-32-40(59-36)48-33-18-26(57-5)11-14-31(33)47-32;1-19-29-18-38(31(19)34(41)42)33(40)24(35(2,3)4)17-30(39)44-28-15-20-13-21(14-20)23(28)9-7-6-8-10-26-32(45-29)37-27-16-22(43-5)11-12-25(27)36-26/h11,14,18,23-25,27-30,35-36,38-39H,6-10,12-13,15-17,19-22H2,1-5H3,(H,49,54);11-12,16,19-21,23-24,28-29,31H,6-10,13-15,17-18H2,1-5H3,(H,41,42)/t23-,24?,25?,28-,29-,30+,35-,36+,38+,44-;19-,20?,21?,23+,24-,28+,29+,31+/m11/s1. The fraction of sp³-hybridized carbons (Fsp3) is 0.709. The lowest BCUT2D eigenvalue weighted by Gasteiger charge is -2.50. The number of halogens is 2. The number of ketones is 1. The van der Waals surface area contributed by atoms with Crippen LogP contribution < -0.4 is 23.7 Å². The summed E-state index contributed by atoms with van der Waals surface area (Å²) in [6.07, 6.45) is 9.71. The molecule has 4 aliphatic heterocycles. The highest BCUT2D eigenvalue weighted by atomic mass is 32.2. The molecule has 2 saturated heterocycles. The van der Waals surface area contributed by atoms with Gasteiger partial charge in [0.05, 0.1) is 90.8 Å². The van der Waals surface area contributed by atoms with Gasteiger partial charge in [-0.1, -0.05) is 81.1 Å². The first kappa shape index (κ1) is 75.8. The number of aliphatic carboxylic acids is 1. The Bertz CT molecular complexity index is 4100. The van der Waals surface area contributed by atoms with Gasteiger partial charge in [-0.3, -0.25) is 33.5 Å². The first-order valence-electron chi connectivity index (χ1n) is 38.4. The van der Waals surface area contributed by atoms with Gasteiger partial charge in [0.2, 0.25) is 45.9 Å². The molecule has 26 heteroatoms.